The summed E-state index contributed by atoms with van der Waals surface area (Å²) in [6.45, 7) is 3.85. The van der Waals surface area contributed by atoms with Crippen molar-refractivity contribution in [3.05, 3.63) is 30.0 Å². The second kappa shape index (κ2) is 5.90. The summed E-state index contributed by atoms with van der Waals surface area (Å²) < 4.78 is 1.62. The van der Waals surface area contributed by atoms with E-state index in [9.17, 15) is 4.79 Å². The second-order valence-electron chi connectivity index (χ2n) is 3.88. The van der Waals surface area contributed by atoms with Crippen LogP contribution in [0.2, 0.25) is 0 Å². The van der Waals surface area contributed by atoms with Gasteiger partial charge in [-0.25, -0.2) is 9.97 Å². The van der Waals surface area contributed by atoms with E-state index in [4.69, 9.17) is 0 Å². The van der Waals surface area contributed by atoms with Gasteiger partial charge in [-0.3, -0.25) is 4.79 Å². The fourth-order valence-corrected chi connectivity index (χ4v) is 4.31. The fraction of sp³-hybridized carbons (Fsp3) is 0.364. The summed E-state index contributed by atoms with van der Waals surface area (Å²) in [7, 11) is 0. The molecule has 2 aromatic heterocycles. The van der Waals surface area contributed by atoms with Crippen molar-refractivity contribution in [2.24, 2.45) is 0 Å². The number of hydrogen-bond acceptors (Lipinski definition) is 5. The van der Waals surface area contributed by atoms with Gasteiger partial charge in [0.25, 0.3) is 0 Å². The molecule has 0 saturated carbocycles. The number of Topliss-reactive ketones (excluding diaryl/α,β-unsaturated/α-hetero) is 1. The molecule has 0 bridgehead atoms. The topological polar surface area (TPSA) is 42.9 Å². The van der Waals surface area contributed by atoms with Crippen molar-refractivity contribution < 1.29 is 4.79 Å². The van der Waals surface area contributed by atoms with Crippen molar-refractivity contribution in [3.8, 4) is 0 Å². The lowest BCUT2D eigenvalue weighted by atomic mass is 9.94. The number of hydrogen-bond donors (Lipinski definition) is 0. The second-order valence-corrected chi connectivity index (χ2v) is 8.55. The number of nitrogens with zero attached hydrogens (tertiary/aromatic N) is 2. The molecule has 18 heavy (non-hydrogen) atoms. The summed E-state index contributed by atoms with van der Waals surface area (Å²) in [6.07, 6.45) is 3.51. The molecule has 96 valence electrons. The van der Waals surface area contributed by atoms with Crippen LogP contribution in [0, 0.1) is 0 Å². The monoisotopic (exact) mass is 408 g/mol. The summed E-state index contributed by atoms with van der Waals surface area (Å²) in [5.41, 5.74) is 0. The third-order valence-corrected chi connectivity index (χ3v) is 6.02. The van der Waals surface area contributed by atoms with Gasteiger partial charge in [-0.15, -0.1) is 22.7 Å². The molecule has 7 heteroatoms. The van der Waals surface area contributed by atoms with Crippen LogP contribution in [0.25, 0.3) is 0 Å². The van der Waals surface area contributed by atoms with E-state index < -0.39 is 0 Å². The first-order chi connectivity index (χ1) is 8.49. The lowest BCUT2D eigenvalue weighted by Gasteiger charge is -2.12. The summed E-state index contributed by atoms with van der Waals surface area (Å²) in [4.78, 5) is 22.6. The van der Waals surface area contributed by atoms with Gasteiger partial charge in [0, 0.05) is 22.1 Å². The Balaban J connectivity index is 2.16. The first-order valence-electron chi connectivity index (χ1n) is 5.25. The molecule has 2 atom stereocenters. The average molecular weight is 410 g/mol. The van der Waals surface area contributed by atoms with Crippen molar-refractivity contribution in [2.45, 2.75) is 25.7 Å². The van der Waals surface area contributed by atoms with E-state index in [-0.39, 0.29) is 17.6 Å². The number of ketones is 1. The molecule has 2 aromatic rings. The van der Waals surface area contributed by atoms with Gasteiger partial charge in [0.15, 0.2) is 7.83 Å². The molecule has 0 aliphatic heterocycles. The highest BCUT2D eigenvalue weighted by Crippen LogP contribution is 2.33. The molecule has 2 unspecified atom stereocenters. The molecule has 2 rings (SSSR count). The highest BCUT2D eigenvalue weighted by molar-refractivity contribution is 9.11. The van der Waals surface area contributed by atoms with E-state index in [1.54, 1.807) is 12.4 Å². The normalized spacial score (nSPS) is 14.4. The summed E-state index contributed by atoms with van der Waals surface area (Å²) >= 11 is 9.64. The van der Waals surface area contributed by atoms with Gasteiger partial charge in [-0.2, -0.15) is 0 Å². The molecule has 0 aliphatic carbocycles. The first-order valence-corrected chi connectivity index (χ1v) is 8.47. The maximum absolute atomic E-state index is 12.4. The van der Waals surface area contributed by atoms with E-state index >= 15 is 0 Å². The number of aromatic nitrogens is 2. The van der Waals surface area contributed by atoms with E-state index in [1.807, 2.05) is 13.8 Å². The summed E-state index contributed by atoms with van der Waals surface area (Å²) in [6, 6.07) is 0. The Morgan fingerprint density at radius 3 is 1.72 bits per heavy atom. The smallest absolute Gasteiger partial charge is 0.159 e. The first kappa shape index (κ1) is 14.3. The minimum absolute atomic E-state index is 0.135. The average Bonchev–Trinajstić information content (AvgIpc) is 2.95. The summed E-state index contributed by atoms with van der Waals surface area (Å²) in [5.74, 6) is -0.0725. The Morgan fingerprint density at radius 1 is 1.06 bits per heavy atom. The molecular weight excluding hydrogens is 400 g/mol. The predicted molar refractivity (Wildman–Crippen MR) is 81.5 cm³/mol. The van der Waals surface area contributed by atoms with Crippen LogP contribution in [0.3, 0.4) is 0 Å². The molecule has 0 radical (unpaired) electrons. The fourth-order valence-electron chi connectivity index (χ4n) is 1.58. The number of rotatable bonds is 4. The van der Waals surface area contributed by atoms with Crippen LogP contribution in [0.4, 0.5) is 0 Å². The molecule has 3 nitrogen and oxygen atoms in total. The van der Waals surface area contributed by atoms with Gasteiger partial charge in [-0.1, -0.05) is 13.8 Å². The number of thiazole rings is 2. The van der Waals surface area contributed by atoms with Crippen molar-refractivity contribution in [2.75, 3.05) is 0 Å². The Morgan fingerprint density at radius 2 is 1.44 bits per heavy atom. The Hall–Kier alpha value is -0.110. The van der Waals surface area contributed by atoms with Crippen molar-refractivity contribution in [3.63, 3.8) is 0 Å². The van der Waals surface area contributed by atoms with E-state index in [2.05, 4.69) is 41.8 Å². The van der Waals surface area contributed by atoms with Crippen LogP contribution in [0.15, 0.2) is 20.2 Å². The third-order valence-electron chi connectivity index (χ3n) is 2.70. The quantitative estimate of drug-likeness (QED) is 0.740. The molecule has 0 amide bonds. The molecule has 0 aromatic carbocycles. The van der Waals surface area contributed by atoms with Gasteiger partial charge in [0.05, 0.1) is 11.8 Å². The Bertz CT molecular complexity index is 519. The van der Waals surface area contributed by atoms with Crippen molar-refractivity contribution in [1.29, 1.82) is 0 Å². The van der Waals surface area contributed by atoms with Gasteiger partial charge in [0.2, 0.25) is 0 Å². The highest BCUT2D eigenvalue weighted by Gasteiger charge is 2.25. The zero-order chi connectivity index (χ0) is 13.3. The van der Waals surface area contributed by atoms with Gasteiger partial charge < -0.3 is 0 Å². The number of carbonyl (C=O) groups excluding carboxylic acids is 1. The van der Waals surface area contributed by atoms with Crippen molar-refractivity contribution in [1.82, 2.24) is 9.97 Å². The molecule has 0 saturated heterocycles. The number of carbonyl (C=O) groups is 1. The highest BCUT2D eigenvalue weighted by atomic mass is 79.9. The zero-order valence-corrected chi connectivity index (χ0v) is 14.5. The van der Waals surface area contributed by atoms with Crippen LogP contribution >= 0.6 is 54.5 Å². The van der Waals surface area contributed by atoms with Crippen LogP contribution in [-0.2, 0) is 4.79 Å². The maximum Gasteiger partial charge on any atom is 0.159 e. The molecule has 0 aliphatic rings. The zero-order valence-electron chi connectivity index (χ0n) is 9.68. The molecule has 0 N–H and O–H groups in total. The van der Waals surface area contributed by atoms with Gasteiger partial charge >= 0.3 is 0 Å². The van der Waals surface area contributed by atoms with E-state index in [0.29, 0.717) is 0 Å². The largest absolute Gasteiger partial charge is 0.298 e. The molecule has 2 heterocycles. The number of halogens is 2. The minimum Gasteiger partial charge on any atom is -0.298 e. The third kappa shape index (κ3) is 3.07. The van der Waals surface area contributed by atoms with E-state index in [0.717, 1.165) is 17.6 Å². The van der Waals surface area contributed by atoms with Crippen LogP contribution in [0.1, 0.15) is 35.4 Å². The summed E-state index contributed by atoms with van der Waals surface area (Å²) in [5, 5.41) is 0. The van der Waals surface area contributed by atoms with Crippen LogP contribution in [0.5, 0.6) is 0 Å². The van der Waals surface area contributed by atoms with Crippen LogP contribution in [-0.4, -0.2) is 15.8 Å². The lowest BCUT2D eigenvalue weighted by Crippen LogP contribution is -2.14. The SMILES string of the molecule is CC(C(=O)C(C)c1cnc(Br)s1)c1cnc(Br)s1. The van der Waals surface area contributed by atoms with Crippen LogP contribution < -0.4 is 0 Å². The lowest BCUT2D eigenvalue weighted by molar-refractivity contribution is -0.121. The molecular formula is C11H10Br2N2OS2. The Labute approximate surface area is 130 Å². The molecule has 0 spiro atoms. The van der Waals surface area contributed by atoms with Gasteiger partial charge in [-0.05, 0) is 31.9 Å². The minimum atomic E-state index is -0.135. The Kier molecular flexibility index (Phi) is 4.69. The van der Waals surface area contributed by atoms with Gasteiger partial charge in [0.1, 0.15) is 5.78 Å². The van der Waals surface area contributed by atoms with E-state index in [1.165, 1.54) is 22.7 Å². The van der Waals surface area contributed by atoms with Crippen molar-refractivity contribution >= 4 is 60.3 Å². The molecule has 0 fully saturated rings. The standard InChI is InChI=1S/C11H10Br2N2OS2/c1-5(7-3-14-10(12)17-7)9(16)6(2)8-4-15-11(13)18-8/h3-6H,1-2H3. The maximum atomic E-state index is 12.4. The predicted octanol–water partition coefficient (Wildman–Crippen LogP) is 4.60.